The number of carbonyl (C=O) groups excluding carboxylic acids is 2. The molecule has 0 unspecified atom stereocenters. The first-order valence-corrected chi connectivity index (χ1v) is 7.73. The maximum absolute atomic E-state index is 12.3. The number of rotatable bonds is 7. The zero-order valence-corrected chi connectivity index (χ0v) is 13.7. The third-order valence-electron chi connectivity index (χ3n) is 3.48. The average molecular weight is 328 g/mol. The maximum Gasteiger partial charge on any atom is 0.338 e. The smallest absolute Gasteiger partial charge is 0.338 e. The molecule has 2 aromatic rings. The molecule has 0 fully saturated rings. The molecule has 5 nitrogen and oxygen atoms in total. The Hall–Kier alpha value is -2.66. The highest BCUT2D eigenvalue weighted by molar-refractivity contribution is 6.01. The minimum absolute atomic E-state index is 0.0953. The van der Waals surface area contributed by atoms with Crippen molar-refractivity contribution in [2.24, 2.45) is 0 Å². The Bertz CT molecular complexity index is 689. The Kier molecular flexibility index (Phi) is 6.09. The summed E-state index contributed by atoms with van der Waals surface area (Å²) in [5.41, 5.74) is 1.48. The molecule has 0 spiro atoms. The van der Waals surface area contributed by atoms with E-state index in [2.05, 4.69) is 0 Å². The number of aliphatic hydroxyl groups excluding tert-OH is 1. The first-order valence-electron chi connectivity index (χ1n) is 7.73. The fourth-order valence-electron chi connectivity index (χ4n) is 2.15. The minimum atomic E-state index is -0.895. The molecule has 2 aromatic carbocycles. The summed E-state index contributed by atoms with van der Waals surface area (Å²) < 4.78 is 10.5. The van der Waals surface area contributed by atoms with E-state index in [1.165, 1.54) is 0 Å². The second-order valence-electron chi connectivity index (χ2n) is 5.22. The number of esters is 1. The van der Waals surface area contributed by atoms with Gasteiger partial charge in [-0.15, -0.1) is 0 Å². The summed E-state index contributed by atoms with van der Waals surface area (Å²) in [5.74, 6) is -0.174. The maximum atomic E-state index is 12.3. The SMILES string of the molecule is CCOc1ccc(C(=O)[C@H](C)OC(=O)c2ccc(CO)cc2)cc1. The van der Waals surface area contributed by atoms with E-state index in [0.717, 1.165) is 0 Å². The fraction of sp³-hybridized carbons (Fsp3) is 0.263. The van der Waals surface area contributed by atoms with E-state index in [0.29, 0.717) is 29.0 Å². The van der Waals surface area contributed by atoms with Crippen molar-refractivity contribution >= 4 is 11.8 Å². The van der Waals surface area contributed by atoms with Crippen molar-refractivity contribution in [3.63, 3.8) is 0 Å². The van der Waals surface area contributed by atoms with E-state index in [1.54, 1.807) is 55.5 Å². The molecule has 0 saturated carbocycles. The van der Waals surface area contributed by atoms with E-state index >= 15 is 0 Å². The molecule has 0 heterocycles. The summed E-state index contributed by atoms with van der Waals surface area (Å²) in [6, 6.07) is 13.1. The van der Waals surface area contributed by atoms with Crippen LogP contribution in [0.5, 0.6) is 5.75 Å². The normalized spacial score (nSPS) is 11.6. The third kappa shape index (κ3) is 4.43. The van der Waals surface area contributed by atoms with Crippen LogP contribution < -0.4 is 4.74 Å². The van der Waals surface area contributed by atoms with Crippen LogP contribution in [-0.4, -0.2) is 29.6 Å². The van der Waals surface area contributed by atoms with Crippen LogP contribution in [0.2, 0.25) is 0 Å². The quantitative estimate of drug-likeness (QED) is 0.625. The second kappa shape index (κ2) is 8.26. The van der Waals surface area contributed by atoms with E-state index in [-0.39, 0.29) is 12.4 Å². The Labute approximate surface area is 140 Å². The molecule has 1 N–H and O–H groups in total. The van der Waals surface area contributed by atoms with Gasteiger partial charge in [-0.2, -0.15) is 0 Å². The minimum Gasteiger partial charge on any atom is -0.494 e. The van der Waals surface area contributed by atoms with E-state index in [9.17, 15) is 9.59 Å². The van der Waals surface area contributed by atoms with Crippen LogP contribution in [0.15, 0.2) is 48.5 Å². The van der Waals surface area contributed by atoms with Gasteiger partial charge in [-0.05, 0) is 55.8 Å². The van der Waals surface area contributed by atoms with Crippen molar-refractivity contribution < 1.29 is 24.2 Å². The molecule has 0 aromatic heterocycles. The van der Waals surface area contributed by atoms with Gasteiger partial charge in [0.1, 0.15) is 5.75 Å². The Balaban J connectivity index is 2.00. The molecule has 0 aliphatic rings. The third-order valence-corrected chi connectivity index (χ3v) is 3.48. The molecule has 0 radical (unpaired) electrons. The van der Waals surface area contributed by atoms with Gasteiger partial charge in [0, 0.05) is 5.56 Å². The summed E-state index contributed by atoms with van der Waals surface area (Å²) >= 11 is 0. The number of hydrogen-bond acceptors (Lipinski definition) is 5. The molecule has 0 bridgehead atoms. The molecular formula is C19H20O5. The number of hydrogen-bond donors (Lipinski definition) is 1. The number of ether oxygens (including phenoxy) is 2. The summed E-state index contributed by atoms with van der Waals surface area (Å²) in [4.78, 5) is 24.4. The fourth-order valence-corrected chi connectivity index (χ4v) is 2.15. The molecule has 24 heavy (non-hydrogen) atoms. The predicted molar refractivity (Wildman–Crippen MR) is 89.2 cm³/mol. The first kappa shape index (κ1) is 17.7. The average Bonchev–Trinajstić information content (AvgIpc) is 2.62. The topological polar surface area (TPSA) is 72.8 Å². The lowest BCUT2D eigenvalue weighted by atomic mass is 10.1. The molecule has 0 saturated heterocycles. The predicted octanol–water partition coefficient (Wildman–Crippen LogP) is 3.01. The van der Waals surface area contributed by atoms with Gasteiger partial charge in [-0.1, -0.05) is 12.1 Å². The van der Waals surface area contributed by atoms with E-state index < -0.39 is 12.1 Å². The molecule has 0 aliphatic carbocycles. The van der Waals surface area contributed by atoms with Crippen molar-refractivity contribution in [1.82, 2.24) is 0 Å². The zero-order chi connectivity index (χ0) is 17.5. The number of ketones is 1. The van der Waals surface area contributed by atoms with Crippen molar-refractivity contribution in [3.05, 3.63) is 65.2 Å². The molecule has 1 atom stereocenters. The second-order valence-corrected chi connectivity index (χ2v) is 5.22. The van der Waals surface area contributed by atoms with Crippen LogP contribution in [0, 0.1) is 0 Å². The highest BCUT2D eigenvalue weighted by atomic mass is 16.5. The van der Waals surface area contributed by atoms with E-state index in [1.807, 2.05) is 6.92 Å². The monoisotopic (exact) mass is 328 g/mol. The van der Waals surface area contributed by atoms with Gasteiger partial charge in [0.15, 0.2) is 6.10 Å². The lowest BCUT2D eigenvalue weighted by molar-refractivity contribution is 0.0318. The number of Topliss-reactive ketones (excluding diaryl/α,β-unsaturated/α-hetero) is 1. The van der Waals surface area contributed by atoms with Crippen LogP contribution >= 0.6 is 0 Å². The standard InChI is InChI=1S/C19H20O5/c1-3-23-17-10-8-15(9-11-17)18(21)13(2)24-19(22)16-6-4-14(12-20)5-7-16/h4-11,13,20H,3,12H2,1-2H3/t13-/m0/s1. The van der Waals surface area contributed by atoms with Gasteiger partial charge in [-0.3, -0.25) is 4.79 Å². The van der Waals surface area contributed by atoms with Crippen LogP contribution in [-0.2, 0) is 11.3 Å². The Morgan fingerprint density at radius 3 is 2.12 bits per heavy atom. The van der Waals surface area contributed by atoms with Crippen LogP contribution in [0.1, 0.15) is 40.1 Å². The Morgan fingerprint density at radius 1 is 1.00 bits per heavy atom. The van der Waals surface area contributed by atoms with Crippen molar-refractivity contribution in [1.29, 1.82) is 0 Å². The number of carbonyl (C=O) groups is 2. The molecule has 126 valence electrons. The summed E-state index contributed by atoms with van der Waals surface area (Å²) in [6.07, 6.45) is -0.895. The van der Waals surface area contributed by atoms with Gasteiger partial charge in [0.2, 0.25) is 5.78 Å². The molecule has 2 rings (SSSR count). The summed E-state index contributed by atoms with van der Waals surface area (Å²) in [6.45, 7) is 3.88. The highest BCUT2D eigenvalue weighted by Gasteiger charge is 2.20. The molecular weight excluding hydrogens is 308 g/mol. The van der Waals surface area contributed by atoms with Gasteiger partial charge in [-0.25, -0.2) is 4.79 Å². The van der Waals surface area contributed by atoms with Crippen molar-refractivity contribution in [2.45, 2.75) is 26.6 Å². The van der Waals surface area contributed by atoms with Crippen molar-refractivity contribution in [2.75, 3.05) is 6.61 Å². The van der Waals surface area contributed by atoms with Gasteiger partial charge < -0.3 is 14.6 Å². The Morgan fingerprint density at radius 2 is 1.58 bits per heavy atom. The lowest BCUT2D eigenvalue weighted by Crippen LogP contribution is -2.24. The first-order chi connectivity index (χ1) is 11.5. The number of aliphatic hydroxyl groups is 1. The largest absolute Gasteiger partial charge is 0.494 e. The van der Waals surface area contributed by atoms with Gasteiger partial charge in [0.05, 0.1) is 18.8 Å². The van der Waals surface area contributed by atoms with Crippen LogP contribution in [0.3, 0.4) is 0 Å². The zero-order valence-electron chi connectivity index (χ0n) is 13.7. The van der Waals surface area contributed by atoms with Crippen molar-refractivity contribution in [3.8, 4) is 5.75 Å². The lowest BCUT2D eigenvalue weighted by Gasteiger charge is -2.13. The number of benzene rings is 2. The van der Waals surface area contributed by atoms with Gasteiger partial charge >= 0.3 is 5.97 Å². The van der Waals surface area contributed by atoms with Crippen LogP contribution in [0.25, 0.3) is 0 Å². The summed E-state index contributed by atoms with van der Waals surface area (Å²) in [5, 5.41) is 8.99. The summed E-state index contributed by atoms with van der Waals surface area (Å²) in [7, 11) is 0. The highest BCUT2D eigenvalue weighted by Crippen LogP contribution is 2.15. The molecule has 0 aliphatic heterocycles. The molecule has 0 amide bonds. The van der Waals surface area contributed by atoms with E-state index in [4.69, 9.17) is 14.6 Å². The molecule has 5 heteroatoms. The van der Waals surface area contributed by atoms with Crippen LogP contribution in [0.4, 0.5) is 0 Å². The van der Waals surface area contributed by atoms with Gasteiger partial charge in [0.25, 0.3) is 0 Å².